The molecule has 2 saturated heterocycles. The van der Waals surface area contributed by atoms with E-state index in [1.807, 2.05) is 18.3 Å². The summed E-state index contributed by atoms with van der Waals surface area (Å²) < 4.78 is 8.90. The molecule has 2 atom stereocenters. The Hall–Kier alpha value is -3.20. The molecule has 2 aliphatic rings. The van der Waals surface area contributed by atoms with Gasteiger partial charge in [-0.25, -0.2) is 0 Å². The maximum Gasteiger partial charge on any atom is 0.174 e. The van der Waals surface area contributed by atoms with Crippen LogP contribution in [0, 0.1) is 13.8 Å². The van der Waals surface area contributed by atoms with Crippen LogP contribution < -0.4 is 15.1 Å². The van der Waals surface area contributed by atoms with E-state index in [0.717, 1.165) is 47.8 Å². The predicted octanol–water partition coefficient (Wildman–Crippen LogP) is 6.27. The number of halogens is 1. The molecule has 0 bridgehead atoms. The molecule has 6 rings (SSSR count). The highest BCUT2D eigenvalue weighted by Gasteiger charge is 2.42. The Morgan fingerprint density at radius 2 is 1.61 bits per heavy atom. The first kappa shape index (κ1) is 25.1. The predicted molar refractivity (Wildman–Crippen MR) is 160 cm³/mol. The minimum atomic E-state index is -0.0787. The monoisotopic (exact) mass is 587 g/mol. The van der Waals surface area contributed by atoms with Crippen LogP contribution in [0.15, 0.2) is 83.5 Å². The molecule has 0 amide bonds. The van der Waals surface area contributed by atoms with Crippen molar-refractivity contribution in [3.05, 3.63) is 106 Å². The van der Waals surface area contributed by atoms with Gasteiger partial charge in [-0.1, -0.05) is 22.0 Å². The van der Waals surface area contributed by atoms with Gasteiger partial charge in [0, 0.05) is 52.2 Å². The Labute approximate surface area is 237 Å². The van der Waals surface area contributed by atoms with Crippen LogP contribution in [0.4, 0.5) is 11.4 Å². The fraction of sp³-hybridized carbons (Fsp3) is 0.267. The first-order valence-corrected chi connectivity index (χ1v) is 14.1. The van der Waals surface area contributed by atoms with Crippen LogP contribution in [0.1, 0.15) is 34.7 Å². The third-order valence-electron chi connectivity index (χ3n) is 7.48. The van der Waals surface area contributed by atoms with Crippen LogP contribution in [0.3, 0.4) is 0 Å². The minimum Gasteiger partial charge on any atom is -0.378 e. The summed E-state index contributed by atoms with van der Waals surface area (Å²) >= 11 is 9.49. The Morgan fingerprint density at radius 1 is 0.921 bits per heavy atom. The van der Waals surface area contributed by atoms with Gasteiger partial charge < -0.3 is 24.4 Å². The minimum absolute atomic E-state index is 0.0499. The van der Waals surface area contributed by atoms with Gasteiger partial charge in [-0.2, -0.15) is 0 Å². The number of hydrogen-bond acceptors (Lipinski definition) is 4. The molecule has 6 nitrogen and oxygen atoms in total. The molecule has 38 heavy (non-hydrogen) atoms. The summed E-state index contributed by atoms with van der Waals surface area (Å²) in [5.41, 5.74) is 8.02. The van der Waals surface area contributed by atoms with E-state index in [1.165, 1.54) is 22.6 Å². The molecule has 1 N–H and O–H groups in total. The topological polar surface area (TPSA) is 45.6 Å². The van der Waals surface area contributed by atoms with Crippen LogP contribution in [-0.4, -0.2) is 41.0 Å². The van der Waals surface area contributed by atoms with E-state index in [9.17, 15) is 0 Å². The smallest absolute Gasteiger partial charge is 0.174 e. The van der Waals surface area contributed by atoms with Gasteiger partial charge in [-0.3, -0.25) is 4.98 Å². The third-order valence-corrected chi connectivity index (χ3v) is 8.32. The standard InChI is InChI=1S/C30H30BrN5OS/c1-20-19-26(21(2)35(20)24-12-10-23(11-13-24)34-15-17-37-18-16-34)29-28(27-5-3-4-14-32-27)33-30(38)36(29)25-8-6-22(31)7-9-25/h3-14,19,28-29H,15-18H2,1-2H3,(H,33,38)/t28-,29+/m0/s1. The van der Waals surface area contributed by atoms with Crippen LogP contribution in [-0.2, 0) is 4.74 Å². The van der Waals surface area contributed by atoms with E-state index in [-0.39, 0.29) is 12.1 Å². The lowest BCUT2D eigenvalue weighted by Crippen LogP contribution is -2.36. The molecule has 194 valence electrons. The summed E-state index contributed by atoms with van der Waals surface area (Å²) in [6.07, 6.45) is 1.85. The van der Waals surface area contributed by atoms with E-state index in [1.54, 1.807) is 0 Å². The Balaban J connectivity index is 1.41. The Morgan fingerprint density at radius 3 is 2.29 bits per heavy atom. The van der Waals surface area contributed by atoms with Gasteiger partial charge in [0.15, 0.2) is 5.11 Å². The molecule has 0 unspecified atom stereocenters. The van der Waals surface area contributed by atoms with Crippen molar-refractivity contribution in [2.45, 2.75) is 25.9 Å². The van der Waals surface area contributed by atoms with Crippen molar-refractivity contribution in [2.75, 3.05) is 36.1 Å². The van der Waals surface area contributed by atoms with E-state index < -0.39 is 0 Å². The lowest BCUT2D eigenvalue weighted by atomic mass is 9.96. The molecule has 4 aromatic rings. The van der Waals surface area contributed by atoms with Gasteiger partial charge in [-0.15, -0.1) is 0 Å². The van der Waals surface area contributed by atoms with E-state index in [0.29, 0.717) is 5.11 Å². The van der Waals surface area contributed by atoms with Gasteiger partial charge in [0.2, 0.25) is 0 Å². The second kappa shape index (κ2) is 10.5. The fourth-order valence-electron chi connectivity index (χ4n) is 5.67. The van der Waals surface area contributed by atoms with Gasteiger partial charge in [-0.05, 0) is 98.4 Å². The van der Waals surface area contributed by atoms with Gasteiger partial charge in [0.05, 0.1) is 31.0 Å². The molecule has 4 heterocycles. The number of pyridine rings is 1. The average molecular weight is 589 g/mol. The molecular formula is C30H30BrN5OS. The highest BCUT2D eigenvalue weighted by Crippen LogP contribution is 2.44. The lowest BCUT2D eigenvalue weighted by Gasteiger charge is -2.29. The summed E-state index contributed by atoms with van der Waals surface area (Å²) in [5.74, 6) is 0. The van der Waals surface area contributed by atoms with E-state index in [2.05, 4.69) is 110 Å². The number of anilines is 2. The van der Waals surface area contributed by atoms with Gasteiger partial charge in [0.1, 0.15) is 0 Å². The molecule has 2 fully saturated rings. The van der Waals surface area contributed by atoms with Crippen molar-refractivity contribution in [3.8, 4) is 5.69 Å². The zero-order valence-corrected chi connectivity index (χ0v) is 23.9. The van der Waals surface area contributed by atoms with Crippen molar-refractivity contribution in [3.63, 3.8) is 0 Å². The number of nitrogens with zero attached hydrogens (tertiary/aromatic N) is 4. The normalized spacial score (nSPS) is 19.6. The van der Waals surface area contributed by atoms with Gasteiger partial charge >= 0.3 is 0 Å². The van der Waals surface area contributed by atoms with Crippen LogP contribution >= 0.6 is 28.1 Å². The molecule has 2 aromatic carbocycles. The second-order valence-corrected chi connectivity index (χ2v) is 11.1. The number of aryl methyl sites for hydroxylation is 1. The molecule has 2 aliphatic heterocycles. The van der Waals surface area contributed by atoms with Crippen molar-refractivity contribution in [1.82, 2.24) is 14.9 Å². The summed E-state index contributed by atoms with van der Waals surface area (Å²) in [6, 6.07) is 25.4. The number of aromatic nitrogens is 2. The summed E-state index contributed by atoms with van der Waals surface area (Å²) in [6.45, 7) is 7.80. The van der Waals surface area contributed by atoms with Crippen molar-refractivity contribution < 1.29 is 4.74 Å². The Bertz CT molecular complexity index is 1430. The summed E-state index contributed by atoms with van der Waals surface area (Å²) in [7, 11) is 0. The molecule has 0 spiro atoms. The first-order valence-electron chi connectivity index (χ1n) is 12.9. The highest BCUT2D eigenvalue weighted by molar-refractivity contribution is 9.10. The zero-order chi connectivity index (χ0) is 26.2. The zero-order valence-electron chi connectivity index (χ0n) is 21.5. The first-order chi connectivity index (χ1) is 18.5. The maximum atomic E-state index is 5.92. The van der Waals surface area contributed by atoms with Crippen LogP contribution in [0.5, 0.6) is 0 Å². The number of benzene rings is 2. The SMILES string of the molecule is Cc1cc([C@@H]2[C@H](c3ccccn3)NC(=S)N2c2ccc(Br)cc2)c(C)n1-c1ccc(N2CCOCC2)cc1. The number of rotatable bonds is 5. The van der Waals surface area contributed by atoms with Crippen molar-refractivity contribution >= 4 is 44.6 Å². The molecule has 2 aromatic heterocycles. The maximum absolute atomic E-state index is 5.92. The Kier molecular flexibility index (Phi) is 6.95. The van der Waals surface area contributed by atoms with Crippen molar-refractivity contribution in [2.24, 2.45) is 0 Å². The summed E-state index contributed by atoms with van der Waals surface area (Å²) in [4.78, 5) is 9.32. The lowest BCUT2D eigenvalue weighted by molar-refractivity contribution is 0.122. The number of hydrogen-bond donors (Lipinski definition) is 1. The van der Waals surface area contributed by atoms with Gasteiger partial charge in [0.25, 0.3) is 0 Å². The second-order valence-electron chi connectivity index (χ2n) is 9.75. The molecule has 0 aliphatic carbocycles. The average Bonchev–Trinajstić information content (AvgIpc) is 3.45. The third kappa shape index (κ3) is 4.61. The molecule has 0 radical (unpaired) electrons. The number of morpholine rings is 1. The van der Waals surface area contributed by atoms with Crippen LogP contribution in [0.25, 0.3) is 5.69 Å². The number of thiocarbonyl (C=S) groups is 1. The van der Waals surface area contributed by atoms with E-state index >= 15 is 0 Å². The fourth-order valence-corrected chi connectivity index (χ4v) is 6.28. The van der Waals surface area contributed by atoms with Crippen LogP contribution in [0.2, 0.25) is 0 Å². The largest absolute Gasteiger partial charge is 0.378 e. The summed E-state index contributed by atoms with van der Waals surface area (Å²) in [5, 5.41) is 4.28. The molecule has 8 heteroatoms. The molecule has 0 saturated carbocycles. The highest BCUT2D eigenvalue weighted by atomic mass is 79.9. The number of nitrogens with one attached hydrogen (secondary N) is 1. The molecular weight excluding hydrogens is 558 g/mol. The van der Waals surface area contributed by atoms with Crippen molar-refractivity contribution in [1.29, 1.82) is 0 Å². The number of ether oxygens (including phenoxy) is 1. The quantitative estimate of drug-likeness (QED) is 0.278. The van der Waals surface area contributed by atoms with E-state index in [4.69, 9.17) is 21.9 Å².